The number of halogens is 1. The largest absolute Gasteiger partial charge is 0.383 e. The summed E-state index contributed by atoms with van der Waals surface area (Å²) in [6.07, 6.45) is 0.903. The van der Waals surface area contributed by atoms with Gasteiger partial charge in [-0.2, -0.15) is 0 Å². The zero-order valence-corrected chi connectivity index (χ0v) is 9.41. The average molecular weight is 227 g/mol. The van der Waals surface area contributed by atoms with E-state index in [4.69, 9.17) is 5.73 Å². The van der Waals surface area contributed by atoms with Gasteiger partial charge < -0.3 is 5.73 Å². The van der Waals surface area contributed by atoms with Gasteiger partial charge in [0.05, 0.1) is 4.88 Å². The van der Waals surface area contributed by atoms with Gasteiger partial charge in [0.1, 0.15) is 11.9 Å². The van der Waals surface area contributed by atoms with E-state index >= 15 is 0 Å². The molecule has 2 rings (SSSR count). The van der Waals surface area contributed by atoms with Crippen LogP contribution in [0.25, 0.3) is 0 Å². The minimum atomic E-state index is 0. The fourth-order valence-corrected chi connectivity index (χ4v) is 2.30. The van der Waals surface area contributed by atoms with E-state index in [1.807, 2.05) is 6.92 Å². The van der Waals surface area contributed by atoms with Crippen LogP contribution in [0.15, 0.2) is 16.4 Å². The lowest BCUT2D eigenvalue weighted by molar-refractivity contribution is 0.821. The zero-order valence-electron chi connectivity index (χ0n) is 7.78. The molecule has 0 aromatic carbocycles. The van der Waals surface area contributed by atoms with Crippen LogP contribution in [-0.2, 0) is 6.42 Å². The molecule has 0 fully saturated rings. The maximum absolute atomic E-state index is 5.80. The number of nitrogens with zero attached hydrogens (tertiary/aromatic N) is 1. The van der Waals surface area contributed by atoms with Crippen LogP contribution in [0.3, 0.4) is 0 Å². The molecule has 1 aromatic heterocycles. The van der Waals surface area contributed by atoms with Gasteiger partial charge in [0.15, 0.2) is 0 Å². The number of thiophene rings is 1. The summed E-state index contributed by atoms with van der Waals surface area (Å²) in [4.78, 5) is 5.44. The van der Waals surface area contributed by atoms with Crippen LogP contribution in [-0.4, -0.2) is 11.9 Å². The first-order chi connectivity index (χ1) is 6.31. The van der Waals surface area contributed by atoms with Crippen LogP contribution in [0.4, 0.5) is 0 Å². The molecule has 4 heteroatoms. The first kappa shape index (κ1) is 11.1. The fourth-order valence-electron chi connectivity index (χ4n) is 1.45. The Morgan fingerprint density at radius 1 is 1.64 bits per heavy atom. The van der Waals surface area contributed by atoms with Crippen molar-refractivity contribution in [2.75, 3.05) is 0 Å². The number of rotatable bonds is 0. The maximum Gasteiger partial charge on any atom is 0.137 e. The third-order valence-corrected chi connectivity index (χ3v) is 2.98. The topological polar surface area (TPSA) is 38.4 Å². The normalized spacial score (nSPS) is 18.4. The summed E-state index contributed by atoms with van der Waals surface area (Å²) in [5.74, 6) is 6.55. The SMILES string of the molecule is CC#CC1Cc2ccsc2C(N)=N1.Cl. The van der Waals surface area contributed by atoms with E-state index in [1.54, 1.807) is 11.3 Å². The molecule has 2 N–H and O–H groups in total. The molecule has 2 heterocycles. The smallest absolute Gasteiger partial charge is 0.137 e. The van der Waals surface area contributed by atoms with Gasteiger partial charge in [-0.1, -0.05) is 5.92 Å². The van der Waals surface area contributed by atoms with Gasteiger partial charge >= 0.3 is 0 Å². The Morgan fingerprint density at radius 2 is 2.43 bits per heavy atom. The van der Waals surface area contributed by atoms with E-state index in [1.165, 1.54) is 5.56 Å². The van der Waals surface area contributed by atoms with Gasteiger partial charge in [0.2, 0.25) is 0 Å². The minimum Gasteiger partial charge on any atom is -0.383 e. The quantitative estimate of drug-likeness (QED) is 0.674. The number of amidine groups is 1. The molecule has 1 unspecified atom stereocenters. The summed E-state index contributed by atoms with van der Waals surface area (Å²) >= 11 is 1.65. The first-order valence-electron chi connectivity index (χ1n) is 4.13. The Bertz CT molecular complexity index is 411. The summed E-state index contributed by atoms with van der Waals surface area (Å²) in [7, 11) is 0. The Labute approximate surface area is 93.6 Å². The molecule has 1 aromatic rings. The Morgan fingerprint density at radius 3 is 3.14 bits per heavy atom. The molecular formula is C10H11ClN2S. The lowest BCUT2D eigenvalue weighted by Gasteiger charge is -2.13. The Kier molecular flexibility index (Phi) is 3.56. The van der Waals surface area contributed by atoms with Gasteiger partial charge in [-0.05, 0) is 23.9 Å². The molecule has 14 heavy (non-hydrogen) atoms. The second-order valence-electron chi connectivity index (χ2n) is 2.90. The maximum atomic E-state index is 5.80. The van der Waals surface area contributed by atoms with Gasteiger partial charge in [-0.15, -0.1) is 29.7 Å². The van der Waals surface area contributed by atoms with Crippen LogP contribution in [0.2, 0.25) is 0 Å². The number of hydrogen-bond donors (Lipinski definition) is 1. The summed E-state index contributed by atoms with van der Waals surface area (Å²) in [6, 6.07) is 2.17. The Balaban J connectivity index is 0.000000980. The average Bonchev–Trinajstić information content (AvgIpc) is 2.53. The van der Waals surface area contributed by atoms with Gasteiger partial charge in [0, 0.05) is 6.42 Å². The summed E-state index contributed by atoms with van der Waals surface area (Å²) in [6.45, 7) is 1.83. The van der Waals surface area contributed by atoms with E-state index in [9.17, 15) is 0 Å². The predicted octanol–water partition coefficient (Wildman–Crippen LogP) is 1.82. The molecular weight excluding hydrogens is 216 g/mol. The number of nitrogens with two attached hydrogens (primary N) is 1. The van der Waals surface area contributed by atoms with Crippen LogP contribution < -0.4 is 5.73 Å². The molecule has 2 nitrogen and oxygen atoms in total. The van der Waals surface area contributed by atoms with Crippen molar-refractivity contribution in [3.05, 3.63) is 21.9 Å². The van der Waals surface area contributed by atoms with Crippen molar-refractivity contribution in [2.24, 2.45) is 10.7 Å². The van der Waals surface area contributed by atoms with Crippen LogP contribution >= 0.6 is 23.7 Å². The molecule has 0 amide bonds. The second kappa shape index (κ2) is 4.50. The standard InChI is InChI=1S/C10H10N2S.ClH/c1-2-3-8-6-7-4-5-13-9(7)10(11)12-8;/h4-5,8H,6H2,1H3,(H2,11,12);1H. The Hall–Kier alpha value is -0.980. The highest BCUT2D eigenvalue weighted by Crippen LogP contribution is 2.22. The predicted molar refractivity (Wildman–Crippen MR) is 63.2 cm³/mol. The lowest BCUT2D eigenvalue weighted by Crippen LogP contribution is -2.23. The van der Waals surface area contributed by atoms with Crippen molar-refractivity contribution in [1.29, 1.82) is 0 Å². The highest BCUT2D eigenvalue weighted by molar-refractivity contribution is 7.12. The lowest BCUT2D eigenvalue weighted by atomic mass is 10.0. The molecule has 0 bridgehead atoms. The second-order valence-corrected chi connectivity index (χ2v) is 3.82. The van der Waals surface area contributed by atoms with Crippen LogP contribution in [0.5, 0.6) is 0 Å². The van der Waals surface area contributed by atoms with Crippen molar-refractivity contribution in [3.63, 3.8) is 0 Å². The van der Waals surface area contributed by atoms with E-state index < -0.39 is 0 Å². The van der Waals surface area contributed by atoms with Crippen LogP contribution in [0, 0.1) is 11.8 Å². The van der Waals surface area contributed by atoms with Gasteiger partial charge in [-0.3, -0.25) is 4.99 Å². The molecule has 74 valence electrons. The molecule has 1 aliphatic rings. The monoisotopic (exact) mass is 226 g/mol. The molecule has 1 atom stereocenters. The van der Waals surface area contributed by atoms with Gasteiger partial charge in [-0.25, -0.2) is 0 Å². The van der Waals surface area contributed by atoms with E-state index in [0.717, 1.165) is 11.3 Å². The third-order valence-electron chi connectivity index (χ3n) is 2.00. The summed E-state index contributed by atoms with van der Waals surface area (Å²) < 4.78 is 0. The fraction of sp³-hybridized carbons (Fsp3) is 0.300. The van der Waals surface area contributed by atoms with Crippen molar-refractivity contribution in [2.45, 2.75) is 19.4 Å². The van der Waals surface area contributed by atoms with E-state index in [2.05, 4.69) is 28.3 Å². The van der Waals surface area contributed by atoms with E-state index in [0.29, 0.717) is 5.84 Å². The number of hydrogen-bond acceptors (Lipinski definition) is 3. The third kappa shape index (κ3) is 1.92. The highest BCUT2D eigenvalue weighted by Gasteiger charge is 2.18. The molecule has 0 radical (unpaired) electrons. The van der Waals surface area contributed by atoms with Gasteiger partial charge in [0.25, 0.3) is 0 Å². The molecule has 0 aliphatic carbocycles. The first-order valence-corrected chi connectivity index (χ1v) is 5.01. The van der Waals surface area contributed by atoms with E-state index in [-0.39, 0.29) is 18.4 Å². The van der Waals surface area contributed by atoms with Crippen LogP contribution in [0.1, 0.15) is 17.4 Å². The number of fused-ring (bicyclic) bond motifs is 1. The number of aliphatic imine (C=N–C) groups is 1. The van der Waals surface area contributed by atoms with Crippen molar-refractivity contribution >= 4 is 29.6 Å². The van der Waals surface area contributed by atoms with Crippen molar-refractivity contribution in [1.82, 2.24) is 0 Å². The summed E-state index contributed by atoms with van der Waals surface area (Å²) in [5.41, 5.74) is 7.09. The minimum absolute atomic E-state index is 0. The molecule has 1 aliphatic heterocycles. The molecule has 0 spiro atoms. The molecule has 0 saturated heterocycles. The summed E-state index contributed by atoms with van der Waals surface area (Å²) in [5, 5.41) is 2.05. The highest BCUT2D eigenvalue weighted by atomic mass is 35.5. The van der Waals surface area contributed by atoms with Crippen molar-refractivity contribution < 1.29 is 0 Å². The zero-order chi connectivity index (χ0) is 9.26. The molecule has 0 saturated carbocycles. The van der Waals surface area contributed by atoms with Crippen molar-refractivity contribution in [3.8, 4) is 11.8 Å².